The number of aromatic nitrogens is 2. The fourth-order valence-electron chi connectivity index (χ4n) is 4.65. The topological polar surface area (TPSA) is 88.1 Å². The van der Waals surface area contributed by atoms with Crippen molar-refractivity contribution in [2.24, 2.45) is 5.92 Å². The van der Waals surface area contributed by atoms with Gasteiger partial charge in [-0.15, -0.1) is 10.2 Å². The van der Waals surface area contributed by atoms with Crippen molar-refractivity contribution < 1.29 is 19.1 Å². The standard InChI is InChI=1S/C27H37N5O4/c1-20(2)16-26(33)32(18-23-8-5-15-36-23)19-27(34)31-13-11-30(12-14-31)25-10-9-24(28-29-25)21-6-4-7-22(17-21)35-3/h4,6-7,9-10,17,20,23H,5,8,11-16,18-19H2,1-3H3. The third-order valence-corrected chi connectivity index (χ3v) is 6.68. The number of piperazine rings is 1. The first kappa shape index (κ1) is 25.9. The zero-order valence-electron chi connectivity index (χ0n) is 21.6. The summed E-state index contributed by atoms with van der Waals surface area (Å²) in [6.07, 6.45) is 2.42. The van der Waals surface area contributed by atoms with Gasteiger partial charge in [0.15, 0.2) is 5.82 Å². The van der Waals surface area contributed by atoms with Gasteiger partial charge in [-0.05, 0) is 43.0 Å². The Hall–Kier alpha value is -3.20. The zero-order chi connectivity index (χ0) is 25.5. The molecule has 1 aromatic carbocycles. The van der Waals surface area contributed by atoms with Crippen molar-refractivity contribution in [3.63, 3.8) is 0 Å². The highest BCUT2D eigenvalue weighted by molar-refractivity contribution is 5.85. The van der Waals surface area contributed by atoms with E-state index < -0.39 is 0 Å². The predicted octanol–water partition coefficient (Wildman–Crippen LogP) is 2.85. The van der Waals surface area contributed by atoms with Crippen LogP contribution in [0.2, 0.25) is 0 Å². The number of hydrogen-bond acceptors (Lipinski definition) is 7. The molecular formula is C27H37N5O4. The SMILES string of the molecule is COc1cccc(-c2ccc(N3CCN(C(=O)CN(CC4CCCO4)C(=O)CC(C)C)CC3)nn2)c1. The van der Waals surface area contributed by atoms with Crippen molar-refractivity contribution in [2.45, 2.75) is 39.2 Å². The number of carbonyl (C=O) groups excluding carboxylic acids is 2. The van der Waals surface area contributed by atoms with E-state index >= 15 is 0 Å². The predicted molar refractivity (Wildman–Crippen MR) is 138 cm³/mol. The number of rotatable bonds is 9. The van der Waals surface area contributed by atoms with Gasteiger partial charge in [0.2, 0.25) is 11.8 Å². The summed E-state index contributed by atoms with van der Waals surface area (Å²) in [5.74, 6) is 1.84. The molecule has 1 aromatic heterocycles. The van der Waals surface area contributed by atoms with Gasteiger partial charge in [0, 0.05) is 51.3 Å². The molecule has 2 aliphatic rings. The molecule has 0 saturated carbocycles. The summed E-state index contributed by atoms with van der Waals surface area (Å²) in [6, 6.07) is 11.7. The number of ether oxygens (including phenoxy) is 2. The van der Waals surface area contributed by atoms with Gasteiger partial charge in [-0.1, -0.05) is 26.0 Å². The summed E-state index contributed by atoms with van der Waals surface area (Å²) in [5, 5.41) is 8.83. The molecule has 2 amide bonds. The fraction of sp³-hybridized carbons (Fsp3) is 0.556. The van der Waals surface area contributed by atoms with Crippen LogP contribution in [-0.4, -0.2) is 90.9 Å². The molecule has 2 saturated heterocycles. The highest BCUT2D eigenvalue weighted by Gasteiger charge is 2.28. The average Bonchev–Trinajstić information content (AvgIpc) is 3.41. The van der Waals surface area contributed by atoms with E-state index in [4.69, 9.17) is 9.47 Å². The molecule has 1 unspecified atom stereocenters. The molecule has 0 spiro atoms. The van der Waals surface area contributed by atoms with E-state index in [9.17, 15) is 9.59 Å². The van der Waals surface area contributed by atoms with Crippen LogP contribution in [0.4, 0.5) is 5.82 Å². The molecule has 0 radical (unpaired) electrons. The second kappa shape index (κ2) is 12.2. The van der Waals surface area contributed by atoms with Gasteiger partial charge >= 0.3 is 0 Å². The second-order valence-corrected chi connectivity index (χ2v) is 9.88. The lowest BCUT2D eigenvalue weighted by Crippen LogP contribution is -2.52. The Bertz CT molecular complexity index is 1020. The van der Waals surface area contributed by atoms with Gasteiger partial charge in [-0.2, -0.15) is 0 Å². The number of amides is 2. The van der Waals surface area contributed by atoms with Gasteiger partial charge in [-0.25, -0.2) is 0 Å². The van der Waals surface area contributed by atoms with Gasteiger partial charge in [0.05, 0.1) is 25.5 Å². The van der Waals surface area contributed by atoms with E-state index in [2.05, 4.69) is 15.1 Å². The van der Waals surface area contributed by atoms with E-state index in [1.54, 1.807) is 12.0 Å². The average molecular weight is 496 g/mol. The summed E-state index contributed by atoms with van der Waals surface area (Å²) >= 11 is 0. The minimum atomic E-state index is -0.00999. The normalized spacial score (nSPS) is 17.9. The van der Waals surface area contributed by atoms with Crippen LogP contribution in [-0.2, 0) is 14.3 Å². The minimum Gasteiger partial charge on any atom is -0.497 e. The summed E-state index contributed by atoms with van der Waals surface area (Å²) in [4.78, 5) is 31.6. The van der Waals surface area contributed by atoms with E-state index in [0.717, 1.165) is 42.3 Å². The molecule has 194 valence electrons. The first-order chi connectivity index (χ1) is 17.4. The molecular weight excluding hydrogens is 458 g/mol. The lowest BCUT2D eigenvalue weighted by Gasteiger charge is -2.36. The van der Waals surface area contributed by atoms with Crippen LogP contribution in [0.1, 0.15) is 33.1 Å². The number of methoxy groups -OCH3 is 1. The lowest BCUT2D eigenvalue weighted by molar-refractivity contribution is -0.142. The van der Waals surface area contributed by atoms with Crippen LogP contribution in [0.5, 0.6) is 5.75 Å². The Morgan fingerprint density at radius 1 is 1.14 bits per heavy atom. The van der Waals surface area contributed by atoms with Crippen molar-refractivity contribution in [1.82, 2.24) is 20.0 Å². The van der Waals surface area contributed by atoms with E-state index in [-0.39, 0.29) is 30.4 Å². The fourth-order valence-corrected chi connectivity index (χ4v) is 4.65. The molecule has 2 aromatic rings. The molecule has 36 heavy (non-hydrogen) atoms. The summed E-state index contributed by atoms with van der Waals surface area (Å²) in [5.41, 5.74) is 1.73. The van der Waals surface area contributed by atoms with Crippen LogP contribution < -0.4 is 9.64 Å². The van der Waals surface area contributed by atoms with Gasteiger partial charge < -0.3 is 24.2 Å². The summed E-state index contributed by atoms with van der Waals surface area (Å²) in [7, 11) is 1.64. The highest BCUT2D eigenvalue weighted by atomic mass is 16.5. The maximum absolute atomic E-state index is 13.1. The number of hydrogen-bond donors (Lipinski definition) is 0. The Labute approximate surface area is 213 Å². The van der Waals surface area contributed by atoms with Crippen LogP contribution in [0.3, 0.4) is 0 Å². The largest absolute Gasteiger partial charge is 0.497 e. The molecule has 9 heteroatoms. The number of benzene rings is 1. The van der Waals surface area contributed by atoms with Gasteiger partial charge in [0.25, 0.3) is 0 Å². The van der Waals surface area contributed by atoms with E-state index in [1.165, 1.54) is 0 Å². The molecule has 9 nitrogen and oxygen atoms in total. The molecule has 0 bridgehead atoms. The Kier molecular flexibility index (Phi) is 8.74. The van der Waals surface area contributed by atoms with E-state index in [1.807, 2.05) is 55.1 Å². The van der Waals surface area contributed by atoms with Gasteiger partial charge in [0.1, 0.15) is 5.75 Å². The Morgan fingerprint density at radius 2 is 1.94 bits per heavy atom. The van der Waals surface area contributed by atoms with Crippen molar-refractivity contribution in [3.05, 3.63) is 36.4 Å². The minimum absolute atomic E-state index is 0.00999. The smallest absolute Gasteiger partial charge is 0.242 e. The van der Waals surface area contributed by atoms with Crippen molar-refractivity contribution in [2.75, 3.05) is 57.9 Å². The summed E-state index contributed by atoms with van der Waals surface area (Å²) < 4.78 is 11.0. The lowest BCUT2D eigenvalue weighted by atomic mass is 10.1. The molecule has 2 fully saturated rings. The second-order valence-electron chi connectivity index (χ2n) is 9.88. The Morgan fingerprint density at radius 3 is 2.58 bits per heavy atom. The van der Waals surface area contributed by atoms with E-state index in [0.29, 0.717) is 39.1 Å². The van der Waals surface area contributed by atoms with Crippen molar-refractivity contribution >= 4 is 17.6 Å². The maximum atomic E-state index is 13.1. The maximum Gasteiger partial charge on any atom is 0.242 e. The molecule has 2 aliphatic heterocycles. The molecule has 4 rings (SSSR count). The third-order valence-electron chi connectivity index (χ3n) is 6.68. The molecule has 0 N–H and O–H groups in total. The zero-order valence-corrected chi connectivity index (χ0v) is 21.6. The van der Waals surface area contributed by atoms with Crippen LogP contribution in [0.15, 0.2) is 36.4 Å². The number of anilines is 1. The monoisotopic (exact) mass is 495 g/mol. The molecule has 0 aliphatic carbocycles. The molecule has 1 atom stereocenters. The Balaban J connectivity index is 1.32. The number of carbonyl (C=O) groups is 2. The highest BCUT2D eigenvalue weighted by Crippen LogP contribution is 2.23. The third kappa shape index (κ3) is 6.72. The first-order valence-electron chi connectivity index (χ1n) is 12.8. The van der Waals surface area contributed by atoms with Crippen molar-refractivity contribution in [3.8, 4) is 17.0 Å². The first-order valence-corrected chi connectivity index (χ1v) is 12.8. The molecule has 3 heterocycles. The van der Waals surface area contributed by atoms with Crippen LogP contribution >= 0.6 is 0 Å². The van der Waals surface area contributed by atoms with Crippen LogP contribution in [0, 0.1) is 5.92 Å². The quantitative estimate of drug-likeness (QED) is 0.529. The van der Waals surface area contributed by atoms with Gasteiger partial charge in [-0.3, -0.25) is 9.59 Å². The van der Waals surface area contributed by atoms with Crippen LogP contribution in [0.25, 0.3) is 11.3 Å². The number of nitrogens with zero attached hydrogens (tertiary/aromatic N) is 5. The van der Waals surface area contributed by atoms with Crippen molar-refractivity contribution in [1.29, 1.82) is 0 Å². The summed E-state index contributed by atoms with van der Waals surface area (Å²) in [6.45, 7) is 7.90.